The third-order valence-corrected chi connectivity index (χ3v) is 5.45. The number of nitrogens with two attached hydrogens (primary N) is 1. The molecule has 29 heavy (non-hydrogen) atoms. The summed E-state index contributed by atoms with van der Waals surface area (Å²) < 4.78 is 29.3. The molecular formula is C21H20F2N2O3S. The second kappa shape index (κ2) is 7.90. The summed E-state index contributed by atoms with van der Waals surface area (Å²) in [5, 5.41) is 22.5. The van der Waals surface area contributed by atoms with Gasteiger partial charge in [-0.2, -0.15) is 0 Å². The summed E-state index contributed by atoms with van der Waals surface area (Å²) in [6, 6.07) is 10.3. The minimum atomic E-state index is -1.40. The van der Waals surface area contributed by atoms with E-state index in [9.17, 15) is 18.7 Å². The Hall–Kier alpha value is -2.81. The average Bonchev–Trinajstić information content (AvgIpc) is 3.04. The summed E-state index contributed by atoms with van der Waals surface area (Å²) >= 11 is 0.984. The van der Waals surface area contributed by atoms with Gasteiger partial charge in [0.15, 0.2) is 0 Å². The number of rotatable bonds is 6. The van der Waals surface area contributed by atoms with Crippen LogP contribution in [0.1, 0.15) is 35.3 Å². The van der Waals surface area contributed by atoms with E-state index >= 15 is 0 Å². The minimum Gasteiger partial charge on any atom is -0.392 e. The van der Waals surface area contributed by atoms with E-state index in [4.69, 9.17) is 10.8 Å². The number of carbonyl (C=O) groups excluding carboxylic acids is 1. The summed E-state index contributed by atoms with van der Waals surface area (Å²) in [7, 11) is 0. The van der Waals surface area contributed by atoms with Crippen molar-refractivity contribution in [3.63, 3.8) is 0 Å². The van der Waals surface area contributed by atoms with Crippen LogP contribution in [-0.2, 0) is 12.2 Å². The molecule has 1 heterocycles. The highest BCUT2D eigenvalue weighted by molar-refractivity contribution is 7.20. The molecule has 0 aliphatic heterocycles. The number of primary amides is 1. The van der Waals surface area contributed by atoms with Crippen molar-refractivity contribution in [2.24, 2.45) is 5.73 Å². The second-order valence-electron chi connectivity index (χ2n) is 7.07. The molecule has 0 radical (unpaired) electrons. The Morgan fingerprint density at radius 3 is 2.21 bits per heavy atom. The van der Waals surface area contributed by atoms with E-state index in [-0.39, 0.29) is 28.2 Å². The quantitative estimate of drug-likeness (QED) is 0.481. The summed E-state index contributed by atoms with van der Waals surface area (Å²) in [5.74, 6) is -2.44. The van der Waals surface area contributed by atoms with Crippen LogP contribution in [0.2, 0.25) is 0 Å². The lowest BCUT2D eigenvalue weighted by atomic mass is 9.96. The zero-order valence-electron chi connectivity index (χ0n) is 15.8. The van der Waals surface area contributed by atoms with Gasteiger partial charge in [-0.1, -0.05) is 12.1 Å². The largest absolute Gasteiger partial charge is 0.392 e. The van der Waals surface area contributed by atoms with Crippen molar-refractivity contribution in [2.75, 3.05) is 5.32 Å². The average molecular weight is 418 g/mol. The van der Waals surface area contributed by atoms with E-state index in [1.165, 1.54) is 19.9 Å². The summed E-state index contributed by atoms with van der Waals surface area (Å²) in [6.07, 6.45) is 0. The SMILES string of the molecule is CC(C)(O)c1cc(F)c(-c2cc(C(N)=O)c(Nc3ccc(CO)cc3)s2)c(F)c1. The Bertz CT molecular complexity index is 1030. The molecule has 2 aromatic carbocycles. The molecule has 0 saturated heterocycles. The molecule has 0 aliphatic carbocycles. The summed E-state index contributed by atoms with van der Waals surface area (Å²) in [6.45, 7) is 2.76. The smallest absolute Gasteiger partial charge is 0.251 e. The number of halogens is 2. The van der Waals surface area contributed by atoms with Crippen LogP contribution in [0, 0.1) is 11.6 Å². The van der Waals surface area contributed by atoms with Crippen LogP contribution in [0.4, 0.5) is 19.5 Å². The maximum atomic E-state index is 14.7. The van der Waals surface area contributed by atoms with Gasteiger partial charge in [0, 0.05) is 10.6 Å². The molecule has 8 heteroatoms. The molecule has 0 saturated carbocycles. The number of benzene rings is 2. The number of amides is 1. The van der Waals surface area contributed by atoms with Crippen LogP contribution in [0.25, 0.3) is 10.4 Å². The Kier molecular flexibility index (Phi) is 5.70. The topological polar surface area (TPSA) is 95.6 Å². The first-order valence-electron chi connectivity index (χ1n) is 8.73. The molecule has 5 N–H and O–H groups in total. The Labute approximate surface area is 170 Å². The predicted molar refractivity (Wildman–Crippen MR) is 109 cm³/mol. The van der Waals surface area contributed by atoms with Crippen molar-refractivity contribution < 1.29 is 23.8 Å². The lowest BCUT2D eigenvalue weighted by molar-refractivity contribution is 0.0778. The Morgan fingerprint density at radius 2 is 1.72 bits per heavy atom. The molecule has 5 nitrogen and oxygen atoms in total. The molecule has 152 valence electrons. The van der Waals surface area contributed by atoms with E-state index in [2.05, 4.69) is 5.32 Å². The molecule has 0 spiro atoms. The fraction of sp³-hybridized carbons (Fsp3) is 0.190. The number of hydrogen-bond donors (Lipinski definition) is 4. The van der Waals surface area contributed by atoms with Crippen molar-refractivity contribution in [3.05, 3.63) is 70.8 Å². The predicted octanol–water partition coefficient (Wildman–Crippen LogP) is 4.26. The molecule has 0 aliphatic rings. The van der Waals surface area contributed by atoms with E-state index in [1.54, 1.807) is 24.3 Å². The number of anilines is 2. The maximum Gasteiger partial charge on any atom is 0.251 e. The third-order valence-electron chi connectivity index (χ3n) is 4.39. The molecule has 1 aromatic heterocycles. The number of aliphatic hydroxyl groups excluding tert-OH is 1. The molecule has 1 amide bonds. The van der Waals surface area contributed by atoms with Crippen LogP contribution in [-0.4, -0.2) is 16.1 Å². The van der Waals surface area contributed by atoms with Gasteiger partial charge < -0.3 is 21.3 Å². The maximum absolute atomic E-state index is 14.7. The first-order valence-corrected chi connectivity index (χ1v) is 9.54. The van der Waals surface area contributed by atoms with Gasteiger partial charge in [-0.15, -0.1) is 11.3 Å². The van der Waals surface area contributed by atoms with Gasteiger partial charge in [-0.3, -0.25) is 4.79 Å². The van der Waals surface area contributed by atoms with Crippen molar-refractivity contribution in [2.45, 2.75) is 26.1 Å². The van der Waals surface area contributed by atoms with E-state index in [0.717, 1.165) is 23.5 Å². The molecule has 3 aromatic rings. The van der Waals surface area contributed by atoms with Crippen molar-refractivity contribution >= 4 is 27.9 Å². The lowest BCUT2D eigenvalue weighted by Crippen LogP contribution is -2.16. The van der Waals surface area contributed by atoms with Crippen molar-refractivity contribution in [1.82, 2.24) is 0 Å². The fourth-order valence-electron chi connectivity index (χ4n) is 2.78. The highest BCUT2D eigenvalue weighted by Gasteiger charge is 2.24. The normalized spacial score (nSPS) is 11.5. The molecule has 0 bridgehead atoms. The summed E-state index contributed by atoms with van der Waals surface area (Å²) in [4.78, 5) is 12.0. The van der Waals surface area contributed by atoms with E-state index < -0.39 is 23.1 Å². The lowest BCUT2D eigenvalue weighted by Gasteiger charge is -2.18. The molecule has 0 unspecified atom stereocenters. The van der Waals surface area contributed by atoms with E-state index in [0.29, 0.717) is 16.3 Å². The van der Waals surface area contributed by atoms with Gasteiger partial charge >= 0.3 is 0 Å². The number of carbonyl (C=O) groups is 1. The molecule has 3 rings (SSSR count). The first kappa shape index (κ1) is 20.9. The van der Waals surface area contributed by atoms with Gasteiger partial charge in [0.1, 0.15) is 16.6 Å². The highest BCUT2D eigenvalue weighted by Crippen LogP contribution is 2.40. The Balaban J connectivity index is 2.03. The molecule has 0 atom stereocenters. The van der Waals surface area contributed by atoms with Gasteiger partial charge in [0.05, 0.1) is 23.3 Å². The van der Waals surface area contributed by atoms with Crippen LogP contribution < -0.4 is 11.1 Å². The minimum absolute atomic E-state index is 0.0987. The first-order chi connectivity index (χ1) is 13.6. The van der Waals surface area contributed by atoms with Crippen LogP contribution >= 0.6 is 11.3 Å². The molecular weight excluding hydrogens is 398 g/mol. The number of thiophene rings is 1. The zero-order valence-corrected chi connectivity index (χ0v) is 16.6. The summed E-state index contributed by atoms with van der Waals surface area (Å²) in [5.41, 5.74) is 5.28. The number of nitrogens with one attached hydrogen (secondary N) is 1. The highest BCUT2D eigenvalue weighted by atomic mass is 32.1. The van der Waals surface area contributed by atoms with Crippen molar-refractivity contribution in [1.29, 1.82) is 0 Å². The number of aliphatic hydroxyl groups is 2. The van der Waals surface area contributed by atoms with Crippen LogP contribution in [0.5, 0.6) is 0 Å². The fourth-order valence-corrected chi connectivity index (χ4v) is 3.91. The van der Waals surface area contributed by atoms with Crippen molar-refractivity contribution in [3.8, 4) is 10.4 Å². The van der Waals surface area contributed by atoms with Gasteiger partial charge in [-0.05, 0) is 55.3 Å². The van der Waals surface area contributed by atoms with Gasteiger partial charge in [-0.25, -0.2) is 8.78 Å². The monoisotopic (exact) mass is 418 g/mol. The number of hydrogen-bond acceptors (Lipinski definition) is 5. The third kappa shape index (κ3) is 4.45. The van der Waals surface area contributed by atoms with E-state index in [1.807, 2.05) is 0 Å². The van der Waals surface area contributed by atoms with Crippen LogP contribution in [0.3, 0.4) is 0 Å². The Morgan fingerprint density at radius 1 is 1.14 bits per heavy atom. The molecule has 0 fully saturated rings. The van der Waals surface area contributed by atoms with Crippen LogP contribution in [0.15, 0.2) is 42.5 Å². The van der Waals surface area contributed by atoms with Gasteiger partial charge in [0.25, 0.3) is 5.91 Å². The second-order valence-corrected chi connectivity index (χ2v) is 8.12. The zero-order chi connectivity index (χ0) is 21.3. The standard InChI is InChI=1S/C21H20F2N2O3S/c1-21(2,28)12-7-15(22)18(16(23)8-12)17-9-14(19(24)27)20(29-17)25-13-5-3-11(10-26)4-6-13/h3-9,25-26,28H,10H2,1-2H3,(H2,24,27). The van der Waals surface area contributed by atoms with Gasteiger partial charge in [0.2, 0.25) is 0 Å².